The van der Waals surface area contributed by atoms with Crippen molar-refractivity contribution in [2.75, 3.05) is 31.0 Å². The van der Waals surface area contributed by atoms with Crippen LogP contribution in [0, 0.1) is 0 Å². The highest BCUT2D eigenvalue weighted by Crippen LogP contribution is 2.15. The first-order chi connectivity index (χ1) is 8.08. The van der Waals surface area contributed by atoms with E-state index in [0.717, 1.165) is 4.47 Å². The fraction of sp³-hybridized carbons (Fsp3) is 0.444. The second-order valence-corrected chi connectivity index (χ2v) is 6.06. The Bertz CT molecular complexity index is 488. The Morgan fingerprint density at radius 3 is 2.76 bits per heavy atom. The van der Waals surface area contributed by atoms with Crippen molar-refractivity contribution in [2.45, 2.75) is 0 Å². The highest BCUT2D eigenvalue weighted by Gasteiger charge is 2.24. The van der Waals surface area contributed by atoms with Crippen LogP contribution in [-0.2, 0) is 14.9 Å². The van der Waals surface area contributed by atoms with Crippen LogP contribution in [0.15, 0.2) is 22.8 Å². The first kappa shape index (κ1) is 12.7. The molecule has 1 fully saturated rings. The highest BCUT2D eigenvalue weighted by molar-refractivity contribution is 9.10. The molecule has 1 saturated heterocycles. The van der Waals surface area contributed by atoms with E-state index in [-0.39, 0.29) is 0 Å². The Morgan fingerprint density at radius 1 is 1.41 bits per heavy atom. The van der Waals surface area contributed by atoms with Gasteiger partial charge in [0.25, 0.3) is 0 Å². The Balaban J connectivity index is 2.11. The van der Waals surface area contributed by atoms with E-state index in [0.29, 0.717) is 32.1 Å². The molecule has 0 aliphatic carbocycles. The molecular weight excluding hydrogens is 310 g/mol. The summed E-state index contributed by atoms with van der Waals surface area (Å²) in [5.41, 5.74) is 0. The van der Waals surface area contributed by atoms with Crippen molar-refractivity contribution in [2.24, 2.45) is 0 Å². The predicted molar refractivity (Wildman–Crippen MR) is 66.9 cm³/mol. The summed E-state index contributed by atoms with van der Waals surface area (Å²) in [6.45, 7) is 1.58. The van der Waals surface area contributed by atoms with Crippen molar-refractivity contribution in [3.8, 4) is 0 Å². The molecule has 0 atom stereocenters. The number of rotatable bonds is 3. The van der Waals surface area contributed by atoms with Crippen LogP contribution in [0.2, 0.25) is 0 Å². The van der Waals surface area contributed by atoms with E-state index in [1.165, 1.54) is 10.5 Å². The first-order valence-corrected chi connectivity index (χ1v) is 7.28. The molecular formula is C9H12BrN3O3S. The lowest BCUT2D eigenvalue weighted by molar-refractivity contribution is 0.0733. The van der Waals surface area contributed by atoms with Crippen LogP contribution < -0.4 is 4.72 Å². The van der Waals surface area contributed by atoms with Gasteiger partial charge in [-0.1, -0.05) is 15.9 Å². The summed E-state index contributed by atoms with van der Waals surface area (Å²) < 4.78 is 33.6. The van der Waals surface area contributed by atoms with Crippen LogP contribution in [0.1, 0.15) is 0 Å². The van der Waals surface area contributed by atoms with Crippen LogP contribution in [0.3, 0.4) is 0 Å². The van der Waals surface area contributed by atoms with Crippen LogP contribution in [0.25, 0.3) is 0 Å². The van der Waals surface area contributed by atoms with Crippen molar-refractivity contribution in [1.82, 2.24) is 9.29 Å². The number of halogens is 1. The number of anilines is 1. The smallest absolute Gasteiger partial charge is 0.302 e. The molecule has 94 valence electrons. The number of aromatic nitrogens is 1. The topological polar surface area (TPSA) is 71.5 Å². The van der Waals surface area contributed by atoms with Crippen LogP contribution >= 0.6 is 15.9 Å². The molecule has 0 unspecified atom stereocenters. The predicted octanol–water partition coefficient (Wildman–Crippen LogP) is 0.833. The lowest BCUT2D eigenvalue weighted by atomic mass is 10.5. The van der Waals surface area contributed by atoms with Crippen LogP contribution in [0.5, 0.6) is 0 Å². The van der Waals surface area contributed by atoms with Gasteiger partial charge in [0.05, 0.1) is 13.2 Å². The van der Waals surface area contributed by atoms with Gasteiger partial charge in [0.15, 0.2) is 0 Å². The molecule has 0 amide bonds. The summed E-state index contributed by atoms with van der Waals surface area (Å²) in [6.07, 6.45) is 1.53. The maximum Gasteiger partial charge on any atom is 0.302 e. The standard InChI is InChI=1S/C9H12BrN3O3S/c10-8-1-2-11-9(7-8)12-17(14,15)13-3-5-16-6-4-13/h1-2,7H,3-6H2,(H,11,12). The zero-order valence-corrected chi connectivity index (χ0v) is 11.4. The fourth-order valence-electron chi connectivity index (χ4n) is 1.44. The van der Waals surface area contributed by atoms with Crippen molar-refractivity contribution in [3.63, 3.8) is 0 Å². The molecule has 17 heavy (non-hydrogen) atoms. The quantitative estimate of drug-likeness (QED) is 0.895. The van der Waals surface area contributed by atoms with Gasteiger partial charge in [0.2, 0.25) is 0 Å². The Kier molecular flexibility index (Phi) is 3.97. The van der Waals surface area contributed by atoms with Crippen molar-refractivity contribution in [3.05, 3.63) is 22.8 Å². The van der Waals surface area contributed by atoms with Crippen LogP contribution in [-0.4, -0.2) is 44.0 Å². The van der Waals surface area contributed by atoms with E-state index in [2.05, 4.69) is 25.6 Å². The Morgan fingerprint density at radius 2 is 2.12 bits per heavy atom. The molecule has 1 N–H and O–H groups in total. The van der Waals surface area contributed by atoms with Crippen molar-refractivity contribution in [1.29, 1.82) is 0 Å². The minimum atomic E-state index is -3.53. The molecule has 0 aromatic carbocycles. The maximum absolute atomic E-state index is 12.0. The number of ether oxygens (including phenoxy) is 1. The second-order valence-electron chi connectivity index (χ2n) is 3.48. The molecule has 0 spiro atoms. The Labute approximate surface area is 108 Å². The summed E-state index contributed by atoms with van der Waals surface area (Å²) in [7, 11) is -3.53. The fourth-order valence-corrected chi connectivity index (χ4v) is 2.91. The molecule has 1 aliphatic rings. The van der Waals surface area contributed by atoms with Gasteiger partial charge >= 0.3 is 10.2 Å². The third-order valence-corrected chi connectivity index (χ3v) is 4.27. The van der Waals surface area contributed by atoms with Gasteiger partial charge in [-0.2, -0.15) is 12.7 Å². The molecule has 1 aromatic rings. The number of pyridine rings is 1. The largest absolute Gasteiger partial charge is 0.379 e. The minimum absolute atomic E-state index is 0.297. The van der Waals surface area contributed by atoms with E-state index in [1.807, 2.05) is 0 Å². The van der Waals surface area contributed by atoms with E-state index in [9.17, 15) is 8.42 Å². The maximum atomic E-state index is 12.0. The van der Waals surface area contributed by atoms with E-state index in [4.69, 9.17) is 4.74 Å². The zero-order chi connectivity index (χ0) is 12.3. The summed E-state index contributed by atoms with van der Waals surface area (Å²) in [6, 6.07) is 3.34. The van der Waals surface area contributed by atoms with E-state index in [1.54, 1.807) is 12.1 Å². The Hall–Kier alpha value is -0.700. The third-order valence-electron chi connectivity index (χ3n) is 2.27. The average Bonchev–Trinajstić information content (AvgIpc) is 2.29. The third kappa shape index (κ3) is 3.38. The number of morpholine rings is 1. The molecule has 0 saturated carbocycles. The molecule has 0 radical (unpaired) electrons. The highest BCUT2D eigenvalue weighted by atomic mass is 79.9. The summed E-state index contributed by atoms with van der Waals surface area (Å²) in [5.74, 6) is 0.297. The lowest BCUT2D eigenvalue weighted by Crippen LogP contribution is -2.43. The molecule has 1 aliphatic heterocycles. The molecule has 1 aromatic heterocycles. The van der Waals surface area contributed by atoms with Gasteiger partial charge in [-0.15, -0.1) is 0 Å². The van der Waals surface area contributed by atoms with Gasteiger partial charge in [-0.3, -0.25) is 4.72 Å². The van der Waals surface area contributed by atoms with Crippen molar-refractivity contribution >= 4 is 32.0 Å². The monoisotopic (exact) mass is 321 g/mol. The van der Waals surface area contributed by atoms with Crippen LogP contribution in [0.4, 0.5) is 5.82 Å². The van der Waals surface area contributed by atoms with Gasteiger partial charge in [0, 0.05) is 23.8 Å². The molecule has 6 nitrogen and oxygen atoms in total. The first-order valence-electron chi connectivity index (χ1n) is 5.05. The summed E-state index contributed by atoms with van der Waals surface area (Å²) >= 11 is 3.26. The normalized spacial score (nSPS) is 17.9. The number of hydrogen-bond acceptors (Lipinski definition) is 4. The van der Waals surface area contributed by atoms with Crippen molar-refractivity contribution < 1.29 is 13.2 Å². The molecule has 2 rings (SSSR count). The molecule has 0 bridgehead atoms. The van der Waals surface area contributed by atoms with Gasteiger partial charge < -0.3 is 4.74 Å². The lowest BCUT2D eigenvalue weighted by Gasteiger charge is -2.26. The number of hydrogen-bond donors (Lipinski definition) is 1. The number of nitrogens with one attached hydrogen (secondary N) is 1. The van der Waals surface area contributed by atoms with Gasteiger partial charge in [-0.05, 0) is 12.1 Å². The van der Waals surface area contributed by atoms with Gasteiger partial charge in [-0.25, -0.2) is 4.98 Å². The zero-order valence-electron chi connectivity index (χ0n) is 8.97. The van der Waals surface area contributed by atoms with Gasteiger partial charge in [0.1, 0.15) is 5.82 Å². The molecule has 8 heteroatoms. The summed E-state index contributed by atoms with van der Waals surface area (Å²) in [5, 5.41) is 0. The minimum Gasteiger partial charge on any atom is -0.379 e. The average molecular weight is 322 g/mol. The summed E-state index contributed by atoms with van der Waals surface area (Å²) in [4.78, 5) is 3.94. The SMILES string of the molecule is O=S(=O)(Nc1cc(Br)ccn1)N1CCOCC1. The van der Waals surface area contributed by atoms with E-state index >= 15 is 0 Å². The second kappa shape index (κ2) is 5.30. The molecule has 2 heterocycles. The number of nitrogens with zero attached hydrogens (tertiary/aromatic N) is 2. The van der Waals surface area contributed by atoms with E-state index < -0.39 is 10.2 Å².